The molecule has 0 aromatic heterocycles. The fourth-order valence-electron chi connectivity index (χ4n) is 4.95. The second kappa shape index (κ2) is 16.9. The summed E-state index contributed by atoms with van der Waals surface area (Å²) in [6.45, 7) is 1.71. The summed E-state index contributed by atoms with van der Waals surface area (Å²) in [5.74, 6) is -0.663. The second-order valence-corrected chi connectivity index (χ2v) is 13.9. The Morgan fingerprint density at radius 1 is 0.872 bits per heavy atom. The molecule has 0 spiro atoms. The molecule has 1 N–H and O–H groups in total. The lowest BCUT2D eigenvalue weighted by atomic mass is 10.0. The molecule has 248 valence electrons. The summed E-state index contributed by atoms with van der Waals surface area (Å²) in [5.41, 5.74) is 1.50. The molecule has 0 unspecified atom stereocenters. The van der Waals surface area contributed by atoms with Crippen molar-refractivity contribution in [2.75, 3.05) is 24.5 Å². The van der Waals surface area contributed by atoms with Crippen LogP contribution in [0.3, 0.4) is 0 Å². The van der Waals surface area contributed by atoms with Crippen LogP contribution in [0.2, 0.25) is 15.1 Å². The number of hydrogen-bond acceptors (Lipinski definition) is 5. The third kappa shape index (κ3) is 9.41. The zero-order chi connectivity index (χ0) is 34.0. The van der Waals surface area contributed by atoms with Crippen LogP contribution in [0.25, 0.3) is 0 Å². The molecule has 8 nitrogen and oxygen atoms in total. The number of unbranched alkanes of at least 4 members (excludes halogenated alkanes) is 1. The summed E-state index contributed by atoms with van der Waals surface area (Å²) in [6, 6.07) is 25.4. The first kappa shape index (κ1) is 36.1. The first-order valence-corrected chi connectivity index (χ1v) is 17.6. The van der Waals surface area contributed by atoms with Gasteiger partial charge in [-0.2, -0.15) is 0 Å². The molecule has 4 aromatic carbocycles. The summed E-state index contributed by atoms with van der Waals surface area (Å²) in [7, 11) is -2.84. The molecule has 0 aliphatic rings. The van der Waals surface area contributed by atoms with E-state index in [0.717, 1.165) is 22.7 Å². The summed E-state index contributed by atoms with van der Waals surface area (Å²) < 4.78 is 34.5. The molecule has 4 rings (SSSR count). The highest BCUT2D eigenvalue weighted by Gasteiger charge is 2.35. The van der Waals surface area contributed by atoms with Crippen molar-refractivity contribution in [1.82, 2.24) is 10.2 Å². The first-order chi connectivity index (χ1) is 22.5. The van der Waals surface area contributed by atoms with Crippen LogP contribution in [0.1, 0.15) is 30.9 Å². The van der Waals surface area contributed by atoms with E-state index in [1.165, 1.54) is 42.3 Å². The van der Waals surface area contributed by atoms with Gasteiger partial charge in [-0.05, 0) is 60.0 Å². The Kier molecular flexibility index (Phi) is 13.0. The lowest BCUT2D eigenvalue weighted by molar-refractivity contribution is -0.140. The summed E-state index contributed by atoms with van der Waals surface area (Å²) in [6.07, 6.45) is 1.79. The second-order valence-electron chi connectivity index (χ2n) is 10.8. The number of hydrogen-bond donors (Lipinski definition) is 1. The topological polar surface area (TPSA) is 96.0 Å². The van der Waals surface area contributed by atoms with E-state index in [0.29, 0.717) is 27.9 Å². The maximum atomic E-state index is 14.6. The van der Waals surface area contributed by atoms with E-state index in [1.54, 1.807) is 36.4 Å². The quantitative estimate of drug-likeness (QED) is 0.129. The predicted molar refractivity (Wildman–Crippen MR) is 188 cm³/mol. The number of halogens is 3. The number of nitrogens with one attached hydrogen (secondary N) is 1. The fraction of sp³-hybridized carbons (Fsp3) is 0.257. The van der Waals surface area contributed by atoms with Gasteiger partial charge in [-0.15, -0.1) is 0 Å². The molecule has 2 amide bonds. The van der Waals surface area contributed by atoms with Crippen molar-refractivity contribution in [1.29, 1.82) is 0 Å². The maximum Gasteiger partial charge on any atom is 0.264 e. The molecule has 0 radical (unpaired) electrons. The molecule has 47 heavy (non-hydrogen) atoms. The minimum Gasteiger partial charge on any atom is -0.495 e. The molecule has 0 aliphatic carbocycles. The Bertz CT molecular complexity index is 1780. The van der Waals surface area contributed by atoms with Gasteiger partial charge >= 0.3 is 0 Å². The van der Waals surface area contributed by atoms with E-state index in [9.17, 15) is 18.0 Å². The Morgan fingerprint density at radius 3 is 2.17 bits per heavy atom. The van der Waals surface area contributed by atoms with Crippen molar-refractivity contribution >= 4 is 62.3 Å². The third-order valence-electron chi connectivity index (χ3n) is 7.49. The van der Waals surface area contributed by atoms with Crippen molar-refractivity contribution < 1.29 is 22.7 Å². The average Bonchev–Trinajstić information content (AvgIpc) is 3.06. The lowest BCUT2D eigenvalue weighted by Crippen LogP contribution is -2.53. The van der Waals surface area contributed by atoms with E-state index in [1.807, 2.05) is 37.3 Å². The van der Waals surface area contributed by atoms with Crippen LogP contribution < -0.4 is 14.4 Å². The van der Waals surface area contributed by atoms with Crippen molar-refractivity contribution in [3.63, 3.8) is 0 Å². The summed E-state index contributed by atoms with van der Waals surface area (Å²) in [5, 5.41) is 3.83. The monoisotopic (exact) mass is 715 g/mol. The zero-order valence-corrected chi connectivity index (χ0v) is 29.1. The normalized spacial score (nSPS) is 11.9. The van der Waals surface area contributed by atoms with Gasteiger partial charge in [0.25, 0.3) is 10.0 Å². The van der Waals surface area contributed by atoms with Gasteiger partial charge < -0.3 is 15.0 Å². The highest BCUT2D eigenvalue weighted by molar-refractivity contribution is 7.92. The van der Waals surface area contributed by atoms with Crippen LogP contribution in [-0.2, 0) is 32.6 Å². The Hall–Kier alpha value is -3.76. The molecule has 0 aliphatic heterocycles. The number of ether oxygens (including phenoxy) is 1. The summed E-state index contributed by atoms with van der Waals surface area (Å²) in [4.78, 5) is 29.8. The highest BCUT2D eigenvalue weighted by Crippen LogP contribution is 2.32. The molecule has 0 fully saturated rings. The van der Waals surface area contributed by atoms with Crippen LogP contribution in [0, 0.1) is 0 Å². The van der Waals surface area contributed by atoms with Crippen LogP contribution in [0.5, 0.6) is 5.75 Å². The Balaban J connectivity index is 1.82. The number of benzene rings is 4. The number of methoxy groups -OCH3 is 1. The Labute approximate surface area is 291 Å². The molecular formula is C35H36Cl3N3O5S. The molecule has 0 saturated carbocycles. The van der Waals surface area contributed by atoms with Crippen LogP contribution in [0.15, 0.2) is 102 Å². The van der Waals surface area contributed by atoms with Crippen molar-refractivity contribution in [2.24, 2.45) is 0 Å². The maximum absolute atomic E-state index is 14.6. The molecule has 0 bridgehead atoms. The molecule has 4 aromatic rings. The van der Waals surface area contributed by atoms with E-state index in [2.05, 4.69) is 5.32 Å². The zero-order valence-electron chi connectivity index (χ0n) is 26.0. The van der Waals surface area contributed by atoms with Crippen LogP contribution in [0.4, 0.5) is 5.69 Å². The van der Waals surface area contributed by atoms with Gasteiger partial charge in [-0.25, -0.2) is 8.42 Å². The molecule has 0 saturated heterocycles. The number of carbonyl (C=O) groups excluding carboxylic acids is 2. The largest absolute Gasteiger partial charge is 0.495 e. The number of rotatable bonds is 15. The Morgan fingerprint density at radius 2 is 1.55 bits per heavy atom. The van der Waals surface area contributed by atoms with Crippen LogP contribution in [-0.4, -0.2) is 51.4 Å². The van der Waals surface area contributed by atoms with Gasteiger partial charge in [0.05, 0.1) is 22.7 Å². The smallest absolute Gasteiger partial charge is 0.264 e. The van der Waals surface area contributed by atoms with Crippen molar-refractivity contribution in [3.8, 4) is 5.75 Å². The van der Waals surface area contributed by atoms with Gasteiger partial charge in [-0.3, -0.25) is 13.9 Å². The molecular weight excluding hydrogens is 681 g/mol. The number of sulfonamides is 1. The lowest BCUT2D eigenvalue weighted by Gasteiger charge is -2.34. The number of nitrogens with zero attached hydrogens (tertiary/aromatic N) is 2. The summed E-state index contributed by atoms with van der Waals surface area (Å²) >= 11 is 19.2. The van der Waals surface area contributed by atoms with E-state index in [-0.39, 0.29) is 34.5 Å². The standard InChI is InChI=1S/C35H36Cl3N3O5S/c1-3-4-19-39-35(43)32(20-25-11-7-5-8-12-25)40(23-26-15-16-27(36)21-30(26)37)34(42)24-41(28-17-18-33(46-2)31(38)22-28)47(44,45)29-13-9-6-10-14-29/h5-18,21-22,32H,3-4,19-20,23-24H2,1-2H3,(H,39,43)/t32-/m0/s1. The minimum absolute atomic E-state index is 0.0230. The third-order valence-corrected chi connectivity index (χ3v) is 10.2. The highest BCUT2D eigenvalue weighted by atomic mass is 35.5. The van der Waals surface area contributed by atoms with Gasteiger partial charge in [0, 0.05) is 29.6 Å². The van der Waals surface area contributed by atoms with E-state index >= 15 is 0 Å². The fourth-order valence-corrected chi connectivity index (χ4v) is 7.10. The number of anilines is 1. The van der Waals surface area contributed by atoms with Crippen molar-refractivity contribution in [3.05, 3.63) is 123 Å². The van der Waals surface area contributed by atoms with Gasteiger partial charge in [-0.1, -0.05) is 103 Å². The first-order valence-electron chi connectivity index (χ1n) is 15.0. The molecule has 0 heterocycles. The molecule has 1 atom stereocenters. The predicted octanol–water partition coefficient (Wildman–Crippen LogP) is 7.41. The van der Waals surface area contributed by atoms with Crippen molar-refractivity contribution in [2.45, 2.75) is 43.7 Å². The number of amides is 2. The van der Waals surface area contributed by atoms with E-state index < -0.39 is 28.5 Å². The van der Waals surface area contributed by atoms with Gasteiger partial charge in [0.2, 0.25) is 11.8 Å². The molecule has 12 heteroatoms. The SMILES string of the molecule is CCCCNC(=O)[C@H](Cc1ccccc1)N(Cc1ccc(Cl)cc1Cl)C(=O)CN(c1ccc(OC)c(Cl)c1)S(=O)(=O)c1ccccc1. The van der Waals surface area contributed by atoms with Gasteiger partial charge in [0.15, 0.2) is 0 Å². The average molecular weight is 717 g/mol. The minimum atomic E-state index is -4.29. The van der Waals surface area contributed by atoms with Gasteiger partial charge in [0.1, 0.15) is 18.3 Å². The number of carbonyl (C=O) groups is 2. The van der Waals surface area contributed by atoms with E-state index in [4.69, 9.17) is 39.5 Å². The van der Waals surface area contributed by atoms with Crippen LogP contribution >= 0.6 is 34.8 Å².